The zero-order chi connectivity index (χ0) is 11.9. The lowest BCUT2D eigenvalue weighted by Gasteiger charge is -2.33. The van der Waals surface area contributed by atoms with Crippen LogP contribution in [0.1, 0.15) is 32.1 Å². The van der Waals surface area contributed by atoms with Crippen molar-refractivity contribution in [1.29, 1.82) is 0 Å². The average Bonchev–Trinajstić information content (AvgIpc) is 2.77. The van der Waals surface area contributed by atoms with E-state index in [9.17, 15) is 14.7 Å². The van der Waals surface area contributed by atoms with Gasteiger partial charge in [-0.3, -0.25) is 4.79 Å². The highest BCUT2D eigenvalue weighted by atomic mass is 16.4. The fourth-order valence-corrected chi connectivity index (χ4v) is 3.55. The fraction of sp³-hybridized carbons (Fsp3) is 0.667. The number of hydrogen-bond donors (Lipinski definition) is 2. The van der Waals surface area contributed by atoms with E-state index in [0.29, 0.717) is 5.92 Å². The van der Waals surface area contributed by atoms with Crippen molar-refractivity contribution in [1.82, 2.24) is 0 Å². The molecule has 0 saturated heterocycles. The lowest BCUT2D eigenvalue weighted by atomic mass is 9.70. The van der Waals surface area contributed by atoms with Crippen molar-refractivity contribution in [3.8, 4) is 0 Å². The van der Waals surface area contributed by atoms with Crippen LogP contribution in [0.5, 0.6) is 0 Å². The van der Waals surface area contributed by atoms with Crippen molar-refractivity contribution in [3.05, 3.63) is 12.2 Å². The molecule has 0 aliphatic heterocycles. The topological polar surface area (TPSA) is 74.6 Å². The van der Waals surface area contributed by atoms with E-state index < -0.39 is 17.9 Å². The second-order valence-corrected chi connectivity index (χ2v) is 5.11. The second kappa shape index (κ2) is 3.61. The molecule has 0 aromatic carbocycles. The Morgan fingerprint density at radius 2 is 1.81 bits per heavy atom. The summed E-state index contributed by atoms with van der Waals surface area (Å²) in [7, 11) is 0. The van der Waals surface area contributed by atoms with E-state index in [1.54, 1.807) is 0 Å². The third-order valence-electron chi connectivity index (χ3n) is 4.28. The van der Waals surface area contributed by atoms with Crippen LogP contribution in [0.3, 0.4) is 0 Å². The Kier molecular flexibility index (Phi) is 2.52. The van der Waals surface area contributed by atoms with Gasteiger partial charge < -0.3 is 10.2 Å². The molecule has 2 fully saturated rings. The molecule has 1 atom stereocenters. The van der Waals surface area contributed by atoms with Crippen LogP contribution < -0.4 is 0 Å². The molecule has 0 aromatic heterocycles. The van der Waals surface area contributed by atoms with Crippen LogP contribution in [0.25, 0.3) is 0 Å². The molecular weight excluding hydrogens is 208 g/mol. The van der Waals surface area contributed by atoms with Crippen LogP contribution >= 0.6 is 0 Å². The summed E-state index contributed by atoms with van der Waals surface area (Å²) in [6, 6.07) is 0. The first-order valence-electron chi connectivity index (χ1n) is 5.61. The van der Waals surface area contributed by atoms with Crippen molar-refractivity contribution >= 4 is 11.9 Å². The SMILES string of the molecule is C=C(C(=O)O)C(C(=O)O)C12CCC(CC1)C2. The molecule has 4 nitrogen and oxygen atoms in total. The number of aliphatic carboxylic acids is 2. The molecule has 2 N–H and O–H groups in total. The molecule has 0 radical (unpaired) electrons. The van der Waals surface area contributed by atoms with Crippen molar-refractivity contribution < 1.29 is 19.8 Å². The maximum Gasteiger partial charge on any atom is 0.331 e. The van der Waals surface area contributed by atoms with Gasteiger partial charge in [-0.2, -0.15) is 0 Å². The van der Waals surface area contributed by atoms with Gasteiger partial charge in [-0.25, -0.2) is 4.79 Å². The van der Waals surface area contributed by atoms with Gasteiger partial charge in [0.25, 0.3) is 0 Å². The number of carboxylic acid groups (broad SMARTS) is 2. The zero-order valence-corrected chi connectivity index (χ0v) is 9.11. The maximum absolute atomic E-state index is 11.3. The van der Waals surface area contributed by atoms with Crippen LogP contribution in [0.15, 0.2) is 12.2 Å². The highest BCUT2D eigenvalue weighted by Gasteiger charge is 2.53. The number of rotatable bonds is 4. The van der Waals surface area contributed by atoms with Crippen LogP contribution in [-0.2, 0) is 9.59 Å². The maximum atomic E-state index is 11.3. The highest BCUT2D eigenvalue weighted by Crippen LogP contribution is 2.59. The zero-order valence-electron chi connectivity index (χ0n) is 9.11. The van der Waals surface area contributed by atoms with Crippen LogP contribution in [0, 0.1) is 17.3 Å². The molecule has 0 spiro atoms. The van der Waals surface area contributed by atoms with Crippen LogP contribution in [0.4, 0.5) is 0 Å². The molecule has 2 saturated carbocycles. The molecule has 2 aliphatic carbocycles. The van der Waals surface area contributed by atoms with Crippen molar-refractivity contribution in [2.24, 2.45) is 17.3 Å². The molecule has 2 rings (SSSR count). The largest absolute Gasteiger partial charge is 0.481 e. The van der Waals surface area contributed by atoms with E-state index in [-0.39, 0.29) is 11.0 Å². The lowest BCUT2D eigenvalue weighted by molar-refractivity contribution is -0.148. The minimum atomic E-state index is -1.18. The van der Waals surface area contributed by atoms with E-state index in [1.807, 2.05) is 0 Å². The third kappa shape index (κ3) is 1.52. The monoisotopic (exact) mass is 224 g/mol. The first-order chi connectivity index (χ1) is 7.46. The second-order valence-electron chi connectivity index (χ2n) is 5.11. The summed E-state index contributed by atoms with van der Waals surface area (Å²) in [5, 5.41) is 18.2. The molecule has 88 valence electrons. The molecule has 0 heterocycles. The molecule has 2 bridgehead atoms. The summed E-state index contributed by atoms with van der Waals surface area (Å²) < 4.78 is 0. The molecule has 16 heavy (non-hydrogen) atoms. The van der Waals surface area contributed by atoms with Crippen LogP contribution in [0.2, 0.25) is 0 Å². The number of hydrogen-bond acceptors (Lipinski definition) is 2. The molecular formula is C12H16O4. The van der Waals surface area contributed by atoms with Gasteiger partial charge in [-0.05, 0) is 43.4 Å². The van der Waals surface area contributed by atoms with Gasteiger partial charge in [0.1, 0.15) is 0 Å². The predicted molar refractivity (Wildman–Crippen MR) is 56.9 cm³/mol. The lowest BCUT2D eigenvalue weighted by Crippen LogP contribution is -2.36. The van der Waals surface area contributed by atoms with Crippen LogP contribution in [-0.4, -0.2) is 22.2 Å². The minimum absolute atomic E-state index is 0.157. The summed E-state index contributed by atoms with van der Waals surface area (Å²) >= 11 is 0. The molecule has 4 heteroatoms. The Bertz CT molecular complexity index is 350. The van der Waals surface area contributed by atoms with Crippen molar-refractivity contribution in [3.63, 3.8) is 0 Å². The number of carbonyl (C=O) groups is 2. The van der Waals surface area contributed by atoms with E-state index >= 15 is 0 Å². The number of fused-ring (bicyclic) bond motifs is 2. The molecule has 0 aromatic rings. The Labute approximate surface area is 94.0 Å². The van der Waals surface area contributed by atoms with E-state index in [2.05, 4.69) is 6.58 Å². The molecule has 0 amide bonds. The Morgan fingerprint density at radius 3 is 2.12 bits per heavy atom. The first-order valence-corrected chi connectivity index (χ1v) is 5.61. The van der Waals surface area contributed by atoms with E-state index in [4.69, 9.17) is 5.11 Å². The smallest absolute Gasteiger partial charge is 0.331 e. The van der Waals surface area contributed by atoms with Gasteiger partial charge >= 0.3 is 11.9 Å². The molecule has 1 unspecified atom stereocenters. The van der Waals surface area contributed by atoms with E-state index in [1.165, 1.54) is 0 Å². The van der Waals surface area contributed by atoms with Crippen molar-refractivity contribution in [2.75, 3.05) is 0 Å². The summed E-state index contributed by atoms with van der Waals surface area (Å²) in [5.74, 6) is -2.52. The first kappa shape index (κ1) is 11.2. The predicted octanol–water partition coefficient (Wildman–Crippen LogP) is 1.91. The Balaban J connectivity index is 2.29. The van der Waals surface area contributed by atoms with Gasteiger partial charge in [0.2, 0.25) is 0 Å². The summed E-state index contributed by atoms with van der Waals surface area (Å²) in [4.78, 5) is 22.2. The highest BCUT2D eigenvalue weighted by molar-refractivity contribution is 5.93. The Hall–Kier alpha value is -1.32. The summed E-state index contributed by atoms with van der Waals surface area (Å²) in [5.41, 5.74) is -0.485. The number of carboxylic acids is 2. The van der Waals surface area contributed by atoms with Gasteiger partial charge in [0.05, 0.1) is 5.92 Å². The van der Waals surface area contributed by atoms with Gasteiger partial charge in [-0.15, -0.1) is 0 Å². The standard InChI is InChI=1S/C12H16O4/c1-7(10(13)14)9(11(15)16)12-4-2-8(6-12)3-5-12/h8-9H,1-6H2,(H,13,14)(H,15,16). The van der Waals surface area contributed by atoms with Crippen molar-refractivity contribution in [2.45, 2.75) is 32.1 Å². The molecule has 2 aliphatic rings. The summed E-state index contributed by atoms with van der Waals surface area (Å²) in [6.45, 7) is 3.45. The fourth-order valence-electron chi connectivity index (χ4n) is 3.55. The minimum Gasteiger partial charge on any atom is -0.481 e. The van der Waals surface area contributed by atoms with Gasteiger partial charge in [-0.1, -0.05) is 6.58 Å². The summed E-state index contributed by atoms with van der Waals surface area (Å²) in [6.07, 6.45) is 4.60. The quantitative estimate of drug-likeness (QED) is 0.715. The van der Waals surface area contributed by atoms with Gasteiger partial charge in [0.15, 0.2) is 0 Å². The average molecular weight is 224 g/mol. The normalized spacial score (nSPS) is 33.6. The third-order valence-corrected chi connectivity index (χ3v) is 4.28. The van der Waals surface area contributed by atoms with E-state index in [0.717, 1.165) is 32.1 Å². The Morgan fingerprint density at radius 1 is 1.25 bits per heavy atom. The van der Waals surface area contributed by atoms with Gasteiger partial charge in [0, 0.05) is 5.57 Å².